The van der Waals surface area contributed by atoms with Crippen LogP contribution in [0.4, 0.5) is 0 Å². The van der Waals surface area contributed by atoms with E-state index in [0.717, 1.165) is 5.69 Å². The predicted octanol–water partition coefficient (Wildman–Crippen LogP) is 4.04. The third-order valence-corrected chi connectivity index (χ3v) is 3.82. The summed E-state index contributed by atoms with van der Waals surface area (Å²) in [5, 5.41) is 20.0. The van der Waals surface area contributed by atoms with Crippen molar-refractivity contribution in [2.24, 2.45) is 0 Å². The summed E-state index contributed by atoms with van der Waals surface area (Å²) in [4.78, 5) is 4.36. The van der Waals surface area contributed by atoms with Crippen molar-refractivity contribution in [3.8, 4) is 22.8 Å². The van der Waals surface area contributed by atoms with E-state index in [9.17, 15) is 10.2 Å². The van der Waals surface area contributed by atoms with Crippen LogP contribution in [0.5, 0.6) is 5.75 Å². The summed E-state index contributed by atoms with van der Waals surface area (Å²) in [5.41, 5.74) is 2.09. The second-order valence-electron chi connectivity index (χ2n) is 4.71. The van der Waals surface area contributed by atoms with Gasteiger partial charge in [0.1, 0.15) is 11.6 Å². The van der Waals surface area contributed by atoms with E-state index in [1.807, 2.05) is 0 Å². The molecule has 0 fully saturated rings. The summed E-state index contributed by atoms with van der Waals surface area (Å²) in [6, 6.07) is 11.8. The van der Waals surface area contributed by atoms with Crippen LogP contribution in [0.1, 0.15) is 5.69 Å². The van der Waals surface area contributed by atoms with Crippen molar-refractivity contribution in [3.05, 3.63) is 64.4 Å². The number of aliphatic hydroxyl groups is 1. The van der Waals surface area contributed by atoms with E-state index in [-0.39, 0.29) is 12.4 Å². The molecule has 2 N–H and O–H groups in total. The number of phenols is 1. The first-order valence-corrected chi connectivity index (χ1v) is 7.28. The van der Waals surface area contributed by atoms with Crippen LogP contribution in [0.25, 0.3) is 17.1 Å². The summed E-state index contributed by atoms with van der Waals surface area (Å²) in [6.45, 7) is -0.168. The normalized spacial score (nSPS) is 10.9. The fourth-order valence-corrected chi connectivity index (χ4v) is 2.74. The number of hydrogen-bond acceptors (Lipinski definition) is 3. The molecule has 0 spiro atoms. The number of aliphatic hydroxyl groups excluding tert-OH is 1. The summed E-state index contributed by atoms with van der Waals surface area (Å²) in [7, 11) is 0. The molecule has 0 saturated carbocycles. The monoisotopic (exact) mass is 334 g/mol. The zero-order chi connectivity index (χ0) is 15.7. The second kappa shape index (κ2) is 6.01. The molecule has 1 aromatic heterocycles. The van der Waals surface area contributed by atoms with Gasteiger partial charge in [-0.05, 0) is 42.5 Å². The molecular weight excluding hydrogens is 323 g/mol. The van der Waals surface area contributed by atoms with E-state index >= 15 is 0 Å². The molecule has 0 aliphatic carbocycles. The first kappa shape index (κ1) is 14.9. The lowest BCUT2D eigenvalue weighted by Gasteiger charge is -2.12. The highest BCUT2D eigenvalue weighted by molar-refractivity contribution is 6.36. The van der Waals surface area contributed by atoms with Gasteiger partial charge in [0.2, 0.25) is 0 Å². The Morgan fingerprint density at radius 3 is 2.41 bits per heavy atom. The lowest BCUT2D eigenvalue weighted by atomic mass is 10.2. The van der Waals surface area contributed by atoms with E-state index in [0.29, 0.717) is 27.1 Å². The van der Waals surface area contributed by atoms with E-state index in [1.54, 1.807) is 53.2 Å². The highest BCUT2D eigenvalue weighted by Crippen LogP contribution is 2.32. The van der Waals surface area contributed by atoms with Crippen molar-refractivity contribution in [2.45, 2.75) is 6.61 Å². The summed E-state index contributed by atoms with van der Waals surface area (Å²) in [5.74, 6) is 0.761. The Morgan fingerprint density at radius 1 is 1.05 bits per heavy atom. The van der Waals surface area contributed by atoms with E-state index in [1.165, 1.54) is 0 Å². The van der Waals surface area contributed by atoms with Gasteiger partial charge >= 0.3 is 0 Å². The topological polar surface area (TPSA) is 58.3 Å². The van der Waals surface area contributed by atoms with Crippen LogP contribution >= 0.6 is 23.2 Å². The lowest BCUT2D eigenvalue weighted by Crippen LogP contribution is -2.02. The maximum absolute atomic E-state index is 9.54. The van der Waals surface area contributed by atoms with Gasteiger partial charge in [-0.15, -0.1) is 0 Å². The van der Waals surface area contributed by atoms with Crippen molar-refractivity contribution in [1.29, 1.82) is 0 Å². The molecule has 4 nitrogen and oxygen atoms in total. The zero-order valence-electron chi connectivity index (χ0n) is 11.4. The zero-order valence-corrected chi connectivity index (χ0v) is 12.9. The predicted molar refractivity (Wildman–Crippen MR) is 86.6 cm³/mol. The van der Waals surface area contributed by atoms with Gasteiger partial charge in [0.05, 0.1) is 23.5 Å². The lowest BCUT2D eigenvalue weighted by molar-refractivity contribution is 0.275. The Balaban J connectivity index is 2.21. The van der Waals surface area contributed by atoms with Crippen molar-refractivity contribution < 1.29 is 10.2 Å². The van der Waals surface area contributed by atoms with Gasteiger partial charge in [-0.3, -0.25) is 4.57 Å². The van der Waals surface area contributed by atoms with E-state index < -0.39 is 0 Å². The van der Waals surface area contributed by atoms with Crippen LogP contribution in [0.3, 0.4) is 0 Å². The molecule has 3 aromatic rings. The molecule has 2 aromatic carbocycles. The number of imidazole rings is 1. The van der Waals surface area contributed by atoms with E-state index in [4.69, 9.17) is 23.2 Å². The molecule has 0 aliphatic heterocycles. The molecule has 22 heavy (non-hydrogen) atoms. The number of benzene rings is 2. The van der Waals surface area contributed by atoms with Crippen LogP contribution in [-0.2, 0) is 6.61 Å². The SMILES string of the molecule is OCc1cnc(-c2ccc(Cl)cc2Cl)n1-c1ccc(O)cc1. The Kier molecular flexibility index (Phi) is 4.07. The first-order valence-electron chi connectivity index (χ1n) is 6.52. The third kappa shape index (κ3) is 2.68. The summed E-state index contributed by atoms with van der Waals surface area (Å²) < 4.78 is 1.79. The minimum absolute atomic E-state index is 0.167. The Labute approximate surface area is 137 Å². The van der Waals surface area contributed by atoms with Crippen LogP contribution in [0, 0.1) is 0 Å². The standard InChI is InChI=1S/C16H12Cl2N2O2/c17-10-1-6-14(15(18)7-10)16-19-8-12(9-21)20(16)11-2-4-13(22)5-3-11/h1-8,21-22H,9H2. The van der Waals surface area contributed by atoms with Gasteiger partial charge in [-0.1, -0.05) is 23.2 Å². The smallest absolute Gasteiger partial charge is 0.146 e. The minimum Gasteiger partial charge on any atom is -0.508 e. The first-order chi connectivity index (χ1) is 10.6. The maximum atomic E-state index is 9.54. The number of phenolic OH excluding ortho intramolecular Hbond substituents is 1. The molecule has 0 saturated heterocycles. The van der Waals surface area contributed by atoms with Crippen molar-refractivity contribution in [3.63, 3.8) is 0 Å². The number of nitrogens with zero attached hydrogens (tertiary/aromatic N) is 2. The molecule has 0 radical (unpaired) electrons. The third-order valence-electron chi connectivity index (χ3n) is 3.28. The molecule has 6 heteroatoms. The molecule has 1 heterocycles. The highest BCUT2D eigenvalue weighted by Gasteiger charge is 2.15. The fraction of sp³-hybridized carbons (Fsp3) is 0.0625. The number of rotatable bonds is 3. The van der Waals surface area contributed by atoms with Gasteiger partial charge < -0.3 is 10.2 Å². The van der Waals surface area contributed by atoms with Gasteiger partial charge in [-0.25, -0.2) is 4.98 Å². The van der Waals surface area contributed by atoms with Crippen LogP contribution < -0.4 is 0 Å². The number of hydrogen-bond donors (Lipinski definition) is 2. The highest BCUT2D eigenvalue weighted by atomic mass is 35.5. The van der Waals surface area contributed by atoms with E-state index in [2.05, 4.69) is 4.98 Å². The molecule has 0 atom stereocenters. The molecule has 112 valence electrons. The largest absolute Gasteiger partial charge is 0.508 e. The van der Waals surface area contributed by atoms with Crippen molar-refractivity contribution in [1.82, 2.24) is 9.55 Å². The van der Waals surface area contributed by atoms with Gasteiger partial charge in [-0.2, -0.15) is 0 Å². The summed E-state index contributed by atoms with van der Waals surface area (Å²) in [6.07, 6.45) is 1.59. The maximum Gasteiger partial charge on any atom is 0.146 e. The average Bonchev–Trinajstić information content (AvgIpc) is 2.92. The Morgan fingerprint density at radius 2 is 1.77 bits per heavy atom. The Bertz CT molecular complexity index is 814. The van der Waals surface area contributed by atoms with Crippen LogP contribution in [0.2, 0.25) is 10.0 Å². The van der Waals surface area contributed by atoms with Gasteiger partial charge in [0.15, 0.2) is 0 Å². The van der Waals surface area contributed by atoms with Crippen molar-refractivity contribution in [2.75, 3.05) is 0 Å². The molecule has 0 aliphatic rings. The number of halogens is 2. The second-order valence-corrected chi connectivity index (χ2v) is 5.55. The number of aromatic hydroxyl groups is 1. The van der Waals surface area contributed by atoms with Crippen molar-refractivity contribution >= 4 is 23.2 Å². The quantitative estimate of drug-likeness (QED) is 0.759. The Hall–Kier alpha value is -2.01. The summed E-state index contributed by atoms with van der Waals surface area (Å²) >= 11 is 12.2. The molecule has 3 rings (SSSR count). The molecule has 0 bridgehead atoms. The van der Waals surface area contributed by atoms with Crippen LogP contribution in [-0.4, -0.2) is 19.8 Å². The fourth-order valence-electron chi connectivity index (χ4n) is 2.25. The van der Waals surface area contributed by atoms with Crippen LogP contribution in [0.15, 0.2) is 48.7 Å². The molecule has 0 amide bonds. The minimum atomic E-state index is -0.168. The number of aromatic nitrogens is 2. The average molecular weight is 335 g/mol. The molecular formula is C16H12Cl2N2O2. The van der Waals surface area contributed by atoms with Gasteiger partial charge in [0.25, 0.3) is 0 Å². The van der Waals surface area contributed by atoms with Gasteiger partial charge in [0, 0.05) is 16.3 Å². The molecule has 0 unspecified atom stereocenters.